The molecule has 1 rings (SSSR count). The molecule has 0 aromatic heterocycles. The molecule has 0 saturated heterocycles. The lowest BCUT2D eigenvalue weighted by molar-refractivity contribution is -0.156. The summed E-state index contributed by atoms with van der Waals surface area (Å²) in [4.78, 5) is 23.2. The van der Waals surface area contributed by atoms with Crippen LogP contribution in [0.3, 0.4) is 0 Å². The fraction of sp³-hybridized carbons (Fsp3) is 0.375. The number of benzene rings is 1. The van der Waals surface area contributed by atoms with Crippen LogP contribution in [0.25, 0.3) is 6.08 Å². The number of hydrogen-bond donors (Lipinski definition) is 0. The molecule has 0 heterocycles. The van der Waals surface area contributed by atoms with E-state index < -0.39 is 18.0 Å². The quantitative estimate of drug-likeness (QED) is 0.592. The zero-order valence-corrected chi connectivity index (χ0v) is 12.0. The van der Waals surface area contributed by atoms with Crippen molar-refractivity contribution in [1.29, 1.82) is 0 Å². The molecule has 108 valence electrons. The minimum atomic E-state index is -0.526. The van der Waals surface area contributed by atoms with Gasteiger partial charge in [0.15, 0.2) is 0 Å². The van der Waals surface area contributed by atoms with Gasteiger partial charge in [0.1, 0.15) is 6.10 Å². The van der Waals surface area contributed by atoms with Crippen molar-refractivity contribution in [2.24, 2.45) is 5.92 Å². The number of hydrogen-bond acceptors (Lipinski definition) is 4. The van der Waals surface area contributed by atoms with Gasteiger partial charge < -0.3 is 9.47 Å². The molecule has 0 saturated carbocycles. The van der Waals surface area contributed by atoms with E-state index in [1.807, 2.05) is 30.3 Å². The molecule has 4 nitrogen and oxygen atoms in total. The van der Waals surface area contributed by atoms with Crippen LogP contribution >= 0.6 is 0 Å². The first-order valence-electron chi connectivity index (χ1n) is 6.65. The van der Waals surface area contributed by atoms with Crippen LogP contribution in [-0.2, 0) is 19.1 Å². The van der Waals surface area contributed by atoms with Crippen molar-refractivity contribution in [3.05, 3.63) is 42.0 Å². The van der Waals surface area contributed by atoms with E-state index in [1.54, 1.807) is 26.8 Å². The Balaban J connectivity index is 2.49. The number of esters is 2. The van der Waals surface area contributed by atoms with Crippen LogP contribution in [-0.4, -0.2) is 24.6 Å². The lowest BCUT2D eigenvalue weighted by Gasteiger charge is -2.18. The van der Waals surface area contributed by atoms with E-state index in [4.69, 9.17) is 9.47 Å². The number of carbonyl (C=O) groups excluding carboxylic acids is 2. The van der Waals surface area contributed by atoms with E-state index in [1.165, 1.54) is 6.08 Å². The highest BCUT2D eigenvalue weighted by Crippen LogP contribution is 2.10. The standard InChI is InChI=1S/C16H20O4/c1-4-19-16(18)12(2)13(3)20-15(17)11-10-14-8-6-5-7-9-14/h5-13H,4H2,1-3H3. The molecule has 2 unspecified atom stereocenters. The number of ether oxygens (including phenoxy) is 2. The first-order chi connectivity index (χ1) is 9.54. The van der Waals surface area contributed by atoms with Crippen molar-refractivity contribution in [2.45, 2.75) is 26.9 Å². The van der Waals surface area contributed by atoms with Crippen molar-refractivity contribution in [1.82, 2.24) is 0 Å². The summed E-state index contributed by atoms with van der Waals surface area (Å²) in [6.45, 7) is 5.41. The third kappa shape index (κ3) is 5.26. The Bertz CT molecular complexity index is 465. The van der Waals surface area contributed by atoms with Crippen LogP contribution in [0.5, 0.6) is 0 Å². The lowest BCUT2D eigenvalue weighted by atomic mass is 10.1. The summed E-state index contributed by atoms with van der Waals surface area (Å²) in [7, 11) is 0. The van der Waals surface area contributed by atoms with Gasteiger partial charge in [-0.05, 0) is 32.4 Å². The van der Waals surface area contributed by atoms with Gasteiger partial charge in [-0.1, -0.05) is 30.3 Å². The number of rotatable bonds is 6. The Morgan fingerprint density at radius 3 is 2.45 bits per heavy atom. The monoisotopic (exact) mass is 276 g/mol. The highest BCUT2D eigenvalue weighted by atomic mass is 16.6. The summed E-state index contributed by atoms with van der Waals surface area (Å²) in [6, 6.07) is 9.44. The summed E-state index contributed by atoms with van der Waals surface area (Å²) in [5.41, 5.74) is 0.913. The average Bonchev–Trinajstić information content (AvgIpc) is 2.45. The SMILES string of the molecule is CCOC(=O)C(C)C(C)OC(=O)C=Cc1ccccc1. The van der Waals surface area contributed by atoms with Gasteiger partial charge in [0.25, 0.3) is 0 Å². The Kier molecular flexibility index (Phi) is 6.50. The topological polar surface area (TPSA) is 52.6 Å². The van der Waals surface area contributed by atoms with Crippen LogP contribution in [0.15, 0.2) is 36.4 Å². The van der Waals surface area contributed by atoms with Gasteiger partial charge in [-0.15, -0.1) is 0 Å². The Labute approximate surface area is 119 Å². The van der Waals surface area contributed by atoms with E-state index in [-0.39, 0.29) is 5.97 Å². The second kappa shape index (κ2) is 8.15. The maximum Gasteiger partial charge on any atom is 0.331 e. The first kappa shape index (κ1) is 16.0. The van der Waals surface area contributed by atoms with Gasteiger partial charge in [0.2, 0.25) is 0 Å². The van der Waals surface area contributed by atoms with Crippen molar-refractivity contribution >= 4 is 18.0 Å². The van der Waals surface area contributed by atoms with E-state index in [2.05, 4.69) is 0 Å². The predicted octanol–water partition coefficient (Wildman–Crippen LogP) is 2.83. The molecule has 0 bridgehead atoms. The lowest BCUT2D eigenvalue weighted by Crippen LogP contribution is -2.29. The summed E-state index contributed by atoms with van der Waals surface area (Å²) in [5.74, 6) is -1.32. The molecule has 0 amide bonds. The molecule has 0 fully saturated rings. The van der Waals surface area contributed by atoms with Crippen LogP contribution in [0.1, 0.15) is 26.3 Å². The minimum Gasteiger partial charge on any atom is -0.466 e. The minimum absolute atomic E-state index is 0.317. The van der Waals surface area contributed by atoms with Crippen LogP contribution < -0.4 is 0 Å². The van der Waals surface area contributed by atoms with Gasteiger partial charge in [-0.3, -0.25) is 4.79 Å². The molecular formula is C16H20O4. The third-order valence-corrected chi connectivity index (χ3v) is 2.88. The fourth-order valence-corrected chi connectivity index (χ4v) is 1.52. The van der Waals surface area contributed by atoms with Gasteiger partial charge in [0, 0.05) is 6.08 Å². The highest BCUT2D eigenvalue weighted by molar-refractivity contribution is 5.87. The molecule has 0 aliphatic heterocycles. The van der Waals surface area contributed by atoms with Crippen molar-refractivity contribution in [3.63, 3.8) is 0 Å². The normalized spacial score (nSPS) is 13.8. The van der Waals surface area contributed by atoms with Gasteiger partial charge >= 0.3 is 11.9 Å². The molecule has 0 spiro atoms. The van der Waals surface area contributed by atoms with Crippen LogP contribution in [0.2, 0.25) is 0 Å². The first-order valence-corrected chi connectivity index (χ1v) is 6.65. The average molecular weight is 276 g/mol. The van der Waals surface area contributed by atoms with Crippen LogP contribution in [0.4, 0.5) is 0 Å². The summed E-state index contributed by atoms with van der Waals surface area (Å²) < 4.78 is 10.1. The molecule has 2 atom stereocenters. The maximum absolute atomic E-state index is 11.7. The summed E-state index contributed by atoms with van der Waals surface area (Å²) in [6.07, 6.45) is 2.50. The van der Waals surface area contributed by atoms with Crippen LogP contribution in [0, 0.1) is 5.92 Å². The Morgan fingerprint density at radius 1 is 1.20 bits per heavy atom. The molecule has 0 radical (unpaired) electrons. The second-order valence-corrected chi connectivity index (χ2v) is 4.43. The van der Waals surface area contributed by atoms with E-state index in [0.29, 0.717) is 6.61 Å². The largest absolute Gasteiger partial charge is 0.466 e. The van der Waals surface area contributed by atoms with E-state index in [0.717, 1.165) is 5.56 Å². The summed E-state index contributed by atoms with van der Waals surface area (Å²) in [5, 5.41) is 0. The smallest absolute Gasteiger partial charge is 0.331 e. The van der Waals surface area contributed by atoms with Crippen molar-refractivity contribution < 1.29 is 19.1 Å². The zero-order valence-electron chi connectivity index (χ0n) is 12.0. The summed E-state index contributed by atoms with van der Waals surface area (Å²) >= 11 is 0. The van der Waals surface area contributed by atoms with Gasteiger partial charge in [-0.2, -0.15) is 0 Å². The second-order valence-electron chi connectivity index (χ2n) is 4.43. The molecule has 20 heavy (non-hydrogen) atoms. The Morgan fingerprint density at radius 2 is 1.85 bits per heavy atom. The van der Waals surface area contributed by atoms with E-state index in [9.17, 15) is 9.59 Å². The van der Waals surface area contributed by atoms with Gasteiger partial charge in [-0.25, -0.2) is 4.79 Å². The molecule has 0 N–H and O–H groups in total. The molecule has 4 heteroatoms. The Hall–Kier alpha value is -2.10. The van der Waals surface area contributed by atoms with Crippen molar-refractivity contribution in [3.8, 4) is 0 Å². The van der Waals surface area contributed by atoms with Crippen molar-refractivity contribution in [2.75, 3.05) is 6.61 Å². The molecule has 1 aromatic rings. The molecular weight excluding hydrogens is 256 g/mol. The number of carbonyl (C=O) groups is 2. The predicted molar refractivity (Wildman–Crippen MR) is 76.8 cm³/mol. The van der Waals surface area contributed by atoms with Gasteiger partial charge in [0.05, 0.1) is 12.5 Å². The maximum atomic E-state index is 11.7. The molecule has 1 aromatic carbocycles. The van der Waals surface area contributed by atoms with E-state index >= 15 is 0 Å². The fourth-order valence-electron chi connectivity index (χ4n) is 1.52. The third-order valence-electron chi connectivity index (χ3n) is 2.88. The molecule has 0 aliphatic rings. The highest BCUT2D eigenvalue weighted by Gasteiger charge is 2.23. The zero-order chi connectivity index (χ0) is 15.0. The molecule has 0 aliphatic carbocycles.